The van der Waals surface area contributed by atoms with Crippen molar-refractivity contribution in [1.29, 1.82) is 0 Å². The Labute approximate surface area is 153 Å². The van der Waals surface area contributed by atoms with Crippen molar-refractivity contribution in [1.82, 2.24) is 5.32 Å². The SMILES string of the molecule is Cc1cc(NC(=O)NC(=O)c2ccccc2F)cc(C)c1OC1CC1(F)F. The molecule has 8 heteroatoms. The zero-order valence-electron chi connectivity index (χ0n) is 14.6. The predicted molar refractivity (Wildman–Crippen MR) is 92.8 cm³/mol. The average molecular weight is 378 g/mol. The van der Waals surface area contributed by atoms with Gasteiger partial charge in [-0.2, -0.15) is 0 Å². The van der Waals surface area contributed by atoms with Crippen molar-refractivity contribution in [3.8, 4) is 5.75 Å². The van der Waals surface area contributed by atoms with Crippen LogP contribution in [0.4, 0.5) is 23.7 Å². The van der Waals surface area contributed by atoms with Gasteiger partial charge >= 0.3 is 6.03 Å². The molecule has 0 aliphatic heterocycles. The molecule has 0 spiro atoms. The summed E-state index contributed by atoms with van der Waals surface area (Å²) in [5.74, 6) is -4.09. The Morgan fingerprint density at radius 2 is 1.74 bits per heavy atom. The third kappa shape index (κ3) is 4.21. The van der Waals surface area contributed by atoms with E-state index in [0.717, 1.165) is 6.07 Å². The van der Waals surface area contributed by atoms with Crippen LogP contribution in [0.1, 0.15) is 27.9 Å². The third-order valence-corrected chi connectivity index (χ3v) is 4.09. The Bertz CT molecular complexity index is 892. The summed E-state index contributed by atoms with van der Waals surface area (Å²) >= 11 is 0. The molecule has 1 aliphatic carbocycles. The number of halogens is 3. The predicted octanol–water partition coefficient (Wildman–Crippen LogP) is 4.19. The fraction of sp³-hybridized carbons (Fsp3) is 0.263. The van der Waals surface area contributed by atoms with E-state index in [-0.39, 0.29) is 12.0 Å². The molecule has 142 valence electrons. The number of rotatable bonds is 4. The number of amides is 3. The van der Waals surface area contributed by atoms with Crippen LogP contribution in [0, 0.1) is 19.7 Å². The molecule has 27 heavy (non-hydrogen) atoms. The molecule has 0 bridgehead atoms. The molecule has 1 saturated carbocycles. The van der Waals surface area contributed by atoms with Crippen LogP contribution in [0.5, 0.6) is 5.75 Å². The van der Waals surface area contributed by atoms with Gasteiger partial charge in [0.05, 0.1) is 12.0 Å². The van der Waals surface area contributed by atoms with E-state index >= 15 is 0 Å². The van der Waals surface area contributed by atoms with Crippen molar-refractivity contribution in [3.63, 3.8) is 0 Å². The molecule has 2 N–H and O–H groups in total. The second-order valence-electron chi connectivity index (χ2n) is 6.40. The molecular formula is C19H17F3N2O3. The van der Waals surface area contributed by atoms with Gasteiger partial charge in [0.1, 0.15) is 11.6 Å². The molecular weight excluding hydrogens is 361 g/mol. The molecule has 2 aromatic carbocycles. The van der Waals surface area contributed by atoms with Gasteiger partial charge in [-0.25, -0.2) is 18.0 Å². The van der Waals surface area contributed by atoms with Crippen molar-refractivity contribution >= 4 is 17.6 Å². The number of aryl methyl sites for hydroxylation is 2. The standard InChI is InChI=1S/C19H17F3N2O3/c1-10-7-12(8-11(2)16(10)27-15-9-19(15,21)22)23-18(26)24-17(25)13-5-3-4-6-14(13)20/h3-8,15H,9H2,1-2H3,(H2,23,24,25,26). The van der Waals surface area contributed by atoms with Gasteiger partial charge in [-0.15, -0.1) is 0 Å². The second-order valence-corrected chi connectivity index (χ2v) is 6.40. The third-order valence-electron chi connectivity index (χ3n) is 4.09. The van der Waals surface area contributed by atoms with Gasteiger partial charge in [-0.1, -0.05) is 12.1 Å². The fourth-order valence-corrected chi connectivity index (χ4v) is 2.64. The van der Waals surface area contributed by atoms with Gasteiger partial charge in [0.15, 0.2) is 6.10 Å². The Kier molecular flexibility index (Phi) is 4.82. The normalized spacial score (nSPS) is 17.1. The van der Waals surface area contributed by atoms with E-state index in [9.17, 15) is 22.8 Å². The summed E-state index contributed by atoms with van der Waals surface area (Å²) in [6.07, 6.45) is -1.44. The van der Waals surface area contributed by atoms with Crippen LogP contribution in [0.2, 0.25) is 0 Å². The van der Waals surface area contributed by atoms with Crippen LogP contribution in [0.3, 0.4) is 0 Å². The highest BCUT2D eigenvalue weighted by atomic mass is 19.3. The number of nitrogens with one attached hydrogen (secondary N) is 2. The first kappa shape index (κ1) is 18.8. The minimum Gasteiger partial charge on any atom is -0.483 e. The Hall–Kier alpha value is -3.03. The highest BCUT2D eigenvalue weighted by Crippen LogP contribution is 2.45. The molecule has 1 aliphatic rings. The summed E-state index contributed by atoms with van der Waals surface area (Å²) < 4.78 is 45.0. The van der Waals surface area contributed by atoms with Crippen molar-refractivity contribution in [2.45, 2.75) is 32.3 Å². The van der Waals surface area contributed by atoms with Gasteiger partial charge in [0.2, 0.25) is 0 Å². The van der Waals surface area contributed by atoms with Crippen LogP contribution in [-0.4, -0.2) is 24.0 Å². The van der Waals surface area contributed by atoms with Crippen LogP contribution < -0.4 is 15.4 Å². The molecule has 3 rings (SSSR count). The summed E-state index contributed by atoms with van der Waals surface area (Å²) in [6, 6.07) is 7.51. The second kappa shape index (κ2) is 6.94. The molecule has 1 atom stereocenters. The largest absolute Gasteiger partial charge is 0.483 e. The number of urea groups is 1. The Balaban J connectivity index is 1.66. The van der Waals surface area contributed by atoms with Gasteiger partial charge in [0, 0.05) is 5.69 Å². The molecule has 0 aromatic heterocycles. The number of carbonyl (C=O) groups is 2. The Morgan fingerprint density at radius 1 is 1.15 bits per heavy atom. The lowest BCUT2D eigenvalue weighted by Gasteiger charge is -2.14. The number of alkyl halides is 2. The van der Waals surface area contributed by atoms with Crippen molar-refractivity contribution in [2.24, 2.45) is 0 Å². The quantitative estimate of drug-likeness (QED) is 0.838. The maximum absolute atomic E-state index is 13.6. The van der Waals surface area contributed by atoms with E-state index in [1.165, 1.54) is 30.3 Å². The summed E-state index contributed by atoms with van der Waals surface area (Å²) in [5, 5.41) is 4.49. The van der Waals surface area contributed by atoms with Crippen molar-refractivity contribution in [3.05, 3.63) is 58.9 Å². The number of benzene rings is 2. The molecule has 2 aromatic rings. The fourth-order valence-electron chi connectivity index (χ4n) is 2.64. The zero-order chi connectivity index (χ0) is 19.8. The number of hydrogen-bond donors (Lipinski definition) is 2. The smallest absolute Gasteiger partial charge is 0.326 e. The molecule has 3 amide bonds. The maximum Gasteiger partial charge on any atom is 0.326 e. The molecule has 0 radical (unpaired) electrons. The monoisotopic (exact) mass is 378 g/mol. The zero-order valence-corrected chi connectivity index (χ0v) is 14.6. The lowest BCUT2D eigenvalue weighted by Crippen LogP contribution is -2.34. The maximum atomic E-state index is 13.6. The lowest BCUT2D eigenvalue weighted by atomic mass is 10.1. The van der Waals surface area contributed by atoms with Crippen molar-refractivity contribution < 1.29 is 27.5 Å². The first-order valence-corrected chi connectivity index (χ1v) is 8.20. The Morgan fingerprint density at radius 3 is 2.30 bits per heavy atom. The highest BCUT2D eigenvalue weighted by Gasteiger charge is 2.59. The van der Waals surface area contributed by atoms with Gasteiger partial charge in [0.25, 0.3) is 11.8 Å². The summed E-state index contributed by atoms with van der Waals surface area (Å²) in [5.41, 5.74) is 1.22. The number of carbonyl (C=O) groups excluding carboxylic acids is 2. The number of hydrogen-bond acceptors (Lipinski definition) is 3. The lowest BCUT2D eigenvalue weighted by molar-refractivity contribution is 0.0661. The van der Waals surface area contributed by atoms with E-state index in [2.05, 4.69) is 5.32 Å². The topological polar surface area (TPSA) is 67.4 Å². The molecule has 1 unspecified atom stereocenters. The molecule has 5 nitrogen and oxygen atoms in total. The number of anilines is 1. The molecule has 0 heterocycles. The summed E-state index contributed by atoms with van der Waals surface area (Å²) in [4.78, 5) is 23.9. The first-order valence-electron chi connectivity index (χ1n) is 8.20. The van der Waals surface area contributed by atoms with E-state index in [1.807, 2.05) is 5.32 Å². The van der Waals surface area contributed by atoms with Gasteiger partial charge in [-0.05, 0) is 49.2 Å². The van der Waals surface area contributed by atoms with E-state index < -0.39 is 29.8 Å². The summed E-state index contributed by atoms with van der Waals surface area (Å²) in [7, 11) is 0. The first-order chi connectivity index (χ1) is 12.7. The van der Waals surface area contributed by atoms with Gasteiger partial charge < -0.3 is 10.1 Å². The molecule has 0 saturated heterocycles. The average Bonchev–Trinajstić information content (AvgIpc) is 3.17. The van der Waals surface area contributed by atoms with E-state index in [0.29, 0.717) is 22.6 Å². The van der Waals surface area contributed by atoms with E-state index in [4.69, 9.17) is 4.74 Å². The minimum atomic E-state index is -2.80. The van der Waals surface area contributed by atoms with Crippen molar-refractivity contribution in [2.75, 3.05) is 5.32 Å². The number of imide groups is 1. The van der Waals surface area contributed by atoms with Crippen LogP contribution in [0.25, 0.3) is 0 Å². The summed E-state index contributed by atoms with van der Waals surface area (Å²) in [6.45, 7) is 3.33. The highest BCUT2D eigenvalue weighted by molar-refractivity contribution is 6.08. The minimum absolute atomic E-state index is 0.255. The van der Waals surface area contributed by atoms with Gasteiger partial charge in [-0.3, -0.25) is 10.1 Å². The number of ether oxygens (including phenoxy) is 1. The molecule has 1 fully saturated rings. The van der Waals surface area contributed by atoms with Crippen LogP contribution in [-0.2, 0) is 0 Å². The van der Waals surface area contributed by atoms with Crippen LogP contribution in [0.15, 0.2) is 36.4 Å². The van der Waals surface area contributed by atoms with E-state index in [1.54, 1.807) is 13.8 Å². The van der Waals surface area contributed by atoms with Crippen LogP contribution >= 0.6 is 0 Å².